The van der Waals surface area contributed by atoms with Crippen molar-refractivity contribution in [2.24, 2.45) is 0 Å². The second-order valence-electron chi connectivity index (χ2n) is 3.92. The Hall–Kier alpha value is -2.33. The molecule has 0 atom stereocenters. The van der Waals surface area contributed by atoms with Crippen molar-refractivity contribution in [3.8, 4) is 6.07 Å². The summed E-state index contributed by atoms with van der Waals surface area (Å²) >= 11 is 0. The van der Waals surface area contributed by atoms with Crippen LogP contribution in [0.4, 0.5) is 0 Å². The van der Waals surface area contributed by atoms with E-state index in [2.05, 4.69) is 25.1 Å². The van der Waals surface area contributed by atoms with Crippen molar-refractivity contribution in [1.82, 2.24) is 0 Å². The van der Waals surface area contributed by atoms with Gasteiger partial charge in [0, 0.05) is 6.08 Å². The van der Waals surface area contributed by atoms with Crippen LogP contribution in [0.25, 0.3) is 5.57 Å². The van der Waals surface area contributed by atoms with Gasteiger partial charge in [0.05, 0.1) is 6.07 Å². The Morgan fingerprint density at radius 2 is 1.71 bits per heavy atom. The number of hydrogen-bond donors (Lipinski definition) is 0. The second-order valence-corrected chi connectivity index (χ2v) is 3.92. The summed E-state index contributed by atoms with van der Waals surface area (Å²) in [7, 11) is 0. The molecule has 2 aromatic carbocycles. The Kier molecular flexibility index (Phi) is 3.37. The molecule has 0 unspecified atom stereocenters. The van der Waals surface area contributed by atoms with Crippen LogP contribution in [0.5, 0.6) is 0 Å². The van der Waals surface area contributed by atoms with Gasteiger partial charge in [-0.15, -0.1) is 0 Å². The van der Waals surface area contributed by atoms with Crippen LogP contribution in [0, 0.1) is 18.3 Å². The number of hydrogen-bond acceptors (Lipinski definition) is 1. The number of nitriles is 1. The zero-order chi connectivity index (χ0) is 12.1. The molecule has 0 aliphatic rings. The van der Waals surface area contributed by atoms with Crippen LogP contribution in [0.1, 0.15) is 16.7 Å². The van der Waals surface area contributed by atoms with Crippen LogP contribution < -0.4 is 0 Å². The molecule has 0 amide bonds. The lowest BCUT2D eigenvalue weighted by Crippen LogP contribution is -1.88. The van der Waals surface area contributed by atoms with Crippen LogP contribution in [0.15, 0.2) is 60.7 Å². The van der Waals surface area contributed by atoms with Crippen molar-refractivity contribution in [2.75, 3.05) is 0 Å². The average molecular weight is 219 g/mol. The average Bonchev–Trinajstić information content (AvgIpc) is 2.37. The van der Waals surface area contributed by atoms with E-state index in [9.17, 15) is 0 Å². The van der Waals surface area contributed by atoms with Crippen molar-refractivity contribution in [3.63, 3.8) is 0 Å². The molecule has 0 saturated carbocycles. The van der Waals surface area contributed by atoms with Gasteiger partial charge in [-0.05, 0) is 23.6 Å². The van der Waals surface area contributed by atoms with Gasteiger partial charge in [0.1, 0.15) is 0 Å². The molecular formula is C16H13N. The van der Waals surface area contributed by atoms with Crippen molar-refractivity contribution in [1.29, 1.82) is 5.26 Å². The van der Waals surface area contributed by atoms with Crippen LogP contribution in [0.2, 0.25) is 0 Å². The molecule has 2 aromatic rings. The van der Waals surface area contributed by atoms with E-state index in [1.165, 1.54) is 5.56 Å². The summed E-state index contributed by atoms with van der Waals surface area (Å²) in [6.45, 7) is 2.05. The van der Waals surface area contributed by atoms with Gasteiger partial charge in [0.2, 0.25) is 0 Å². The third-order valence-electron chi connectivity index (χ3n) is 2.62. The zero-order valence-electron chi connectivity index (χ0n) is 9.72. The summed E-state index contributed by atoms with van der Waals surface area (Å²) in [4.78, 5) is 0. The molecule has 0 saturated heterocycles. The number of rotatable bonds is 2. The molecule has 17 heavy (non-hydrogen) atoms. The first-order chi connectivity index (χ1) is 8.31. The maximum atomic E-state index is 8.90. The van der Waals surface area contributed by atoms with Gasteiger partial charge in [0.25, 0.3) is 0 Å². The van der Waals surface area contributed by atoms with Crippen LogP contribution in [-0.4, -0.2) is 0 Å². The standard InChI is InChI=1S/C16H13N/c1-13-6-5-9-15(12-13)16(10-11-17)14-7-3-2-4-8-14/h2-10,12H,1H3. The van der Waals surface area contributed by atoms with E-state index in [1.54, 1.807) is 6.08 Å². The second kappa shape index (κ2) is 5.14. The first kappa shape index (κ1) is 11.2. The number of benzene rings is 2. The van der Waals surface area contributed by atoms with Gasteiger partial charge < -0.3 is 0 Å². The summed E-state index contributed by atoms with van der Waals surface area (Å²) in [6.07, 6.45) is 1.60. The Morgan fingerprint density at radius 3 is 2.35 bits per heavy atom. The van der Waals surface area contributed by atoms with Gasteiger partial charge in [-0.3, -0.25) is 0 Å². The van der Waals surface area contributed by atoms with Gasteiger partial charge >= 0.3 is 0 Å². The molecule has 0 spiro atoms. The first-order valence-electron chi connectivity index (χ1n) is 5.53. The molecule has 0 aliphatic heterocycles. The highest BCUT2D eigenvalue weighted by atomic mass is 14.2. The molecule has 0 heterocycles. The van der Waals surface area contributed by atoms with Crippen LogP contribution in [-0.2, 0) is 0 Å². The van der Waals surface area contributed by atoms with Crippen LogP contribution in [0.3, 0.4) is 0 Å². The Balaban J connectivity index is 2.52. The largest absolute Gasteiger partial charge is 0.193 e. The minimum atomic E-state index is 0.969. The number of aryl methyl sites for hydroxylation is 1. The van der Waals surface area contributed by atoms with Gasteiger partial charge in [-0.25, -0.2) is 0 Å². The molecule has 2 rings (SSSR count). The third kappa shape index (κ3) is 2.62. The first-order valence-corrected chi connectivity index (χ1v) is 5.53. The monoisotopic (exact) mass is 219 g/mol. The Bertz CT molecular complexity index is 574. The predicted octanol–water partition coefficient (Wildman–Crippen LogP) is 3.95. The van der Waals surface area contributed by atoms with E-state index in [4.69, 9.17) is 5.26 Å². The van der Waals surface area contributed by atoms with E-state index in [0.717, 1.165) is 16.7 Å². The molecule has 1 nitrogen and oxygen atoms in total. The van der Waals surface area contributed by atoms with Crippen LogP contribution >= 0.6 is 0 Å². The van der Waals surface area contributed by atoms with Gasteiger partial charge in [-0.1, -0.05) is 60.2 Å². The highest BCUT2D eigenvalue weighted by Crippen LogP contribution is 2.23. The fourth-order valence-corrected chi connectivity index (χ4v) is 1.83. The summed E-state index contributed by atoms with van der Waals surface area (Å²) in [5.41, 5.74) is 4.32. The molecule has 0 aromatic heterocycles. The van der Waals surface area contributed by atoms with Gasteiger partial charge in [-0.2, -0.15) is 5.26 Å². The smallest absolute Gasteiger partial charge is 0.0918 e. The number of nitrogens with zero attached hydrogens (tertiary/aromatic N) is 1. The summed E-state index contributed by atoms with van der Waals surface area (Å²) in [6, 6.07) is 20.3. The topological polar surface area (TPSA) is 23.8 Å². The van der Waals surface area contributed by atoms with Crippen molar-refractivity contribution >= 4 is 5.57 Å². The van der Waals surface area contributed by atoms with Crippen molar-refractivity contribution < 1.29 is 0 Å². The van der Waals surface area contributed by atoms with Crippen molar-refractivity contribution in [3.05, 3.63) is 77.4 Å². The Labute approximate surface area is 102 Å². The molecule has 0 bridgehead atoms. The fraction of sp³-hybridized carbons (Fsp3) is 0.0625. The molecule has 82 valence electrons. The maximum Gasteiger partial charge on any atom is 0.0918 e. The maximum absolute atomic E-state index is 8.90. The lowest BCUT2D eigenvalue weighted by Gasteiger charge is -2.07. The molecular weight excluding hydrogens is 206 g/mol. The van der Waals surface area contributed by atoms with E-state index < -0.39 is 0 Å². The molecule has 0 N–H and O–H groups in total. The summed E-state index contributed by atoms with van der Waals surface area (Å²) in [5.74, 6) is 0. The normalized spacial score (nSPS) is 10.9. The fourth-order valence-electron chi connectivity index (χ4n) is 1.83. The highest BCUT2D eigenvalue weighted by Gasteiger charge is 2.04. The van der Waals surface area contributed by atoms with E-state index >= 15 is 0 Å². The minimum absolute atomic E-state index is 0.969. The number of allylic oxidation sites excluding steroid dienone is 1. The van der Waals surface area contributed by atoms with E-state index in [1.807, 2.05) is 42.5 Å². The molecule has 0 aliphatic carbocycles. The quantitative estimate of drug-likeness (QED) is 0.701. The van der Waals surface area contributed by atoms with Gasteiger partial charge in [0.15, 0.2) is 0 Å². The predicted molar refractivity (Wildman–Crippen MR) is 70.3 cm³/mol. The van der Waals surface area contributed by atoms with E-state index in [0.29, 0.717) is 0 Å². The Morgan fingerprint density at radius 1 is 1.00 bits per heavy atom. The molecule has 0 radical (unpaired) electrons. The minimum Gasteiger partial charge on any atom is -0.193 e. The third-order valence-corrected chi connectivity index (χ3v) is 2.62. The summed E-state index contributed by atoms with van der Waals surface area (Å²) < 4.78 is 0. The SMILES string of the molecule is Cc1cccc(C(=CC#N)c2ccccc2)c1. The summed E-state index contributed by atoms with van der Waals surface area (Å²) in [5, 5.41) is 8.90. The van der Waals surface area contributed by atoms with E-state index in [-0.39, 0.29) is 0 Å². The van der Waals surface area contributed by atoms with Crippen molar-refractivity contribution in [2.45, 2.75) is 6.92 Å². The lowest BCUT2D eigenvalue weighted by atomic mass is 9.96. The molecule has 1 heteroatoms. The lowest BCUT2D eigenvalue weighted by molar-refractivity contribution is 1.44. The molecule has 0 fully saturated rings. The highest BCUT2D eigenvalue weighted by molar-refractivity contribution is 5.81. The zero-order valence-corrected chi connectivity index (χ0v) is 9.72.